The van der Waals surface area contributed by atoms with Gasteiger partial charge in [0.1, 0.15) is 6.10 Å². The number of hydrogen-bond donors (Lipinski definition) is 0. The Balaban J connectivity index is 2.11. The maximum Gasteiger partial charge on any atom is 0.410 e. The average molecular weight is 263 g/mol. The fourth-order valence-electron chi connectivity index (χ4n) is 1.98. The Kier molecular flexibility index (Phi) is 3.94. The highest BCUT2D eigenvalue weighted by Crippen LogP contribution is 2.28. The number of amides is 1. The zero-order valence-corrected chi connectivity index (χ0v) is 11.1. The van der Waals surface area contributed by atoms with Crippen molar-refractivity contribution in [3.63, 3.8) is 0 Å². The quantitative estimate of drug-likeness (QED) is 0.764. The normalized spacial score (nSPS) is 18.1. The van der Waals surface area contributed by atoms with E-state index in [1.54, 1.807) is 25.2 Å². The van der Waals surface area contributed by atoms with Crippen molar-refractivity contribution >= 4 is 6.09 Å². The summed E-state index contributed by atoms with van der Waals surface area (Å²) in [7, 11) is 3.17. The minimum Gasteiger partial charge on any atom is -0.493 e. The lowest BCUT2D eigenvalue weighted by molar-refractivity contribution is 0.144. The summed E-state index contributed by atoms with van der Waals surface area (Å²) < 4.78 is 15.5. The Morgan fingerprint density at radius 2 is 2.16 bits per heavy atom. The van der Waals surface area contributed by atoms with Gasteiger partial charge in [-0.15, -0.1) is 0 Å². The second-order valence-corrected chi connectivity index (χ2v) is 4.23. The van der Waals surface area contributed by atoms with Crippen molar-refractivity contribution in [2.24, 2.45) is 0 Å². The number of carbonyl (C=O) groups excluding carboxylic acids is 1. The van der Waals surface area contributed by atoms with Crippen LogP contribution in [0.15, 0.2) is 30.9 Å². The Hall–Kier alpha value is -2.17. The third-order valence-electron chi connectivity index (χ3n) is 2.99. The first-order valence-electron chi connectivity index (χ1n) is 5.97. The van der Waals surface area contributed by atoms with Crippen LogP contribution in [0.2, 0.25) is 0 Å². The Bertz CT molecular complexity index is 486. The molecule has 5 heteroatoms. The average Bonchev–Trinajstić information content (AvgIpc) is 2.79. The van der Waals surface area contributed by atoms with E-state index in [0.717, 1.165) is 5.56 Å². The van der Waals surface area contributed by atoms with Crippen molar-refractivity contribution in [1.82, 2.24) is 4.90 Å². The maximum absolute atomic E-state index is 11.6. The number of hydrogen-bond acceptors (Lipinski definition) is 4. The standard InChI is InChI=1S/C14H17NO4/c1-4-11-9-15(14(16)19-11)8-10-5-6-12(17-2)13(7-10)18-3/h4-7,11H,1,8-9H2,2-3H3. The first-order chi connectivity index (χ1) is 9.17. The first kappa shape index (κ1) is 13.3. The topological polar surface area (TPSA) is 48.0 Å². The van der Waals surface area contributed by atoms with Gasteiger partial charge in [0.05, 0.1) is 20.8 Å². The molecular formula is C14H17NO4. The van der Waals surface area contributed by atoms with Crippen molar-refractivity contribution in [2.45, 2.75) is 12.6 Å². The van der Waals surface area contributed by atoms with Crippen molar-refractivity contribution in [3.8, 4) is 11.5 Å². The molecule has 1 heterocycles. The van der Waals surface area contributed by atoms with Crippen molar-refractivity contribution in [3.05, 3.63) is 36.4 Å². The van der Waals surface area contributed by atoms with Gasteiger partial charge < -0.3 is 14.2 Å². The van der Waals surface area contributed by atoms with Crippen LogP contribution < -0.4 is 9.47 Å². The van der Waals surface area contributed by atoms with E-state index in [4.69, 9.17) is 14.2 Å². The molecule has 19 heavy (non-hydrogen) atoms. The van der Waals surface area contributed by atoms with Crippen molar-refractivity contribution in [2.75, 3.05) is 20.8 Å². The third-order valence-corrected chi connectivity index (χ3v) is 2.99. The highest BCUT2D eigenvalue weighted by Gasteiger charge is 2.29. The molecule has 0 bridgehead atoms. The maximum atomic E-state index is 11.6. The smallest absolute Gasteiger partial charge is 0.410 e. The van der Waals surface area contributed by atoms with Crippen LogP contribution in [-0.2, 0) is 11.3 Å². The molecular weight excluding hydrogens is 246 g/mol. The van der Waals surface area contributed by atoms with Crippen LogP contribution in [-0.4, -0.2) is 37.9 Å². The predicted octanol–water partition coefficient (Wildman–Crippen LogP) is 2.21. The van der Waals surface area contributed by atoms with Gasteiger partial charge in [-0.25, -0.2) is 4.79 Å². The second-order valence-electron chi connectivity index (χ2n) is 4.23. The summed E-state index contributed by atoms with van der Waals surface area (Å²) >= 11 is 0. The second kappa shape index (κ2) is 5.65. The van der Waals surface area contributed by atoms with Crippen molar-refractivity contribution < 1.29 is 19.0 Å². The molecule has 5 nitrogen and oxygen atoms in total. The molecule has 1 aromatic carbocycles. The van der Waals surface area contributed by atoms with Crippen LogP contribution in [0.1, 0.15) is 5.56 Å². The molecule has 1 amide bonds. The molecule has 0 saturated carbocycles. The molecule has 1 aliphatic rings. The van der Waals surface area contributed by atoms with E-state index in [0.29, 0.717) is 24.6 Å². The zero-order valence-electron chi connectivity index (χ0n) is 11.1. The number of ether oxygens (including phenoxy) is 3. The van der Waals surface area contributed by atoms with Gasteiger partial charge in [0.15, 0.2) is 11.5 Å². The lowest BCUT2D eigenvalue weighted by atomic mass is 10.2. The van der Waals surface area contributed by atoms with Gasteiger partial charge in [0, 0.05) is 6.54 Å². The number of rotatable bonds is 5. The highest BCUT2D eigenvalue weighted by atomic mass is 16.6. The van der Waals surface area contributed by atoms with E-state index in [-0.39, 0.29) is 12.2 Å². The molecule has 0 N–H and O–H groups in total. The van der Waals surface area contributed by atoms with Gasteiger partial charge >= 0.3 is 6.09 Å². The minimum atomic E-state index is -0.320. The van der Waals surface area contributed by atoms with E-state index in [2.05, 4.69) is 6.58 Å². The van der Waals surface area contributed by atoms with Crippen LogP contribution in [0.3, 0.4) is 0 Å². The summed E-state index contributed by atoms with van der Waals surface area (Å²) in [5, 5.41) is 0. The van der Waals surface area contributed by atoms with E-state index in [1.807, 2.05) is 18.2 Å². The molecule has 0 spiro atoms. The first-order valence-corrected chi connectivity index (χ1v) is 5.97. The molecule has 1 aromatic rings. The van der Waals surface area contributed by atoms with E-state index in [1.165, 1.54) is 0 Å². The molecule has 102 valence electrons. The van der Waals surface area contributed by atoms with Crippen LogP contribution in [0.4, 0.5) is 4.79 Å². The van der Waals surface area contributed by atoms with Gasteiger partial charge in [-0.3, -0.25) is 4.90 Å². The fourth-order valence-corrected chi connectivity index (χ4v) is 1.98. The summed E-state index contributed by atoms with van der Waals surface area (Å²) in [6.07, 6.45) is 1.08. The summed E-state index contributed by atoms with van der Waals surface area (Å²) in [6.45, 7) is 4.63. The lowest BCUT2D eigenvalue weighted by Gasteiger charge is -2.14. The number of carbonyl (C=O) groups is 1. The van der Waals surface area contributed by atoms with Crippen LogP contribution in [0, 0.1) is 0 Å². The number of methoxy groups -OCH3 is 2. The Labute approximate surface area is 112 Å². The summed E-state index contributed by atoms with van der Waals surface area (Å²) in [4.78, 5) is 13.3. The Morgan fingerprint density at radius 1 is 1.42 bits per heavy atom. The van der Waals surface area contributed by atoms with Gasteiger partial charge in [0.2, 0.25) is 0 Å². The molecule has 0 aromatic heterocycles. The Morgan fingerprint density at radius 3 is 2.74 bits per heavy atom. The minimum absolute atomic E-state index is 0.229. The number of nitrogens with zero attached hydrogens (tertiary/aromatic N) is 1. The third kappa shape index (κ3) is 2.81. The predicted molar refractivity (Wildman–Crippen MR) is 70.4 cm³/mol. The van der Waals surface area contributed by atoms with Crippen LogP contribution in [0.5, 0.6) is 11.5 Å². The lowest BCUT2D eigenvalue weighted by Crippen LogP contribution is -2.24. The van der Waals surface area contributed by atoms with Gasteiger partial charge in [-0.1, -0.05) is 12.6 Å². The van der Waals surface area contributed by atoms with E-state index >= 15 is 0 Å². The molecule has 1 aliphatic heterocycles. The van der Waals surface area contributed by atoms with Crippen LogP contribution >= 0.6 is 0 Å². The monoisotopic (exact) mass is 263 g/mol. The molecule has 0 aliphatic carbocycles. The molecule has 2 rings (SSSR count). The summed E-state index contributed by atoms with van der Waals surface area (Å²) in [6, 6.07) is 5.57. The molecule has 1 atom stereocenters. The number of cyclic esters (lactones) is 1. The zero-order chi connectivity index (χ0) is 13.8. The molecule has 1 saturated heterocycles. The van der Waals surface area contributed by atoms with Gasteiger partial charge in [-0.2, -0.15) is 0 Å². The fraction of sp³-hybridized carbons (Fsp3) is 0.357. The van der Waals surface area contributed by atoms with Gasteiger partial charge in [-0.05, 0) is 23.8 Å². The molecule has 1 fully saturated rings. The summed E-state index contributed by atoms with van der Waals surface area (Å²) in [5.74, 6) is 1.31. The largest absolute Gasteiger partial charge is 0.493 e. The molecule has 1 unspecified atom stereocenters. The van der Waals surface area contributed by atoms with Crippen molar-refractivity contribution in [1.29, 1.82) is 0 Å². The van der Waals surface area contributed by atoms with Gasteiger partial charge in [0.25, 0.3) is 0 Å². The van der Waals surface area contributed by atoms with Crippen LogP contribution in [0.25, 0.3) is 0 Å². The van der Waals surface area contributed by atoms with E-state index < -0.39 is 0 Å². The molecule has 0 radical (unpaired) electrons. The summed E-state index contributed by atoms with van der Waals surface area (Å²) in [5.41, 5.74) is 0.958. The highest BCUT2D eigenvalue weighted by molar-refractivity contribution is 5.70. The van der Waals surface area contributed by atoms with E-state index in [9.17, 15) is 4.79 Å². The SMILES string of the molecule is C=CC1CN(Cc2ccc(OC)c(OC)c2)C(=O)O1. The number of benzene rings is 1.